The fraction of sp³-hybridized carbons (Fsp3) is 0.545. The zero-order chi connectivity index (χ0) is 12.2. The van der Waals surface area contributed by atoms with Gasteiger partial charge in [-0.05, 0) is 50.8 Å². The first-order chi connectivity index (χ1) is 7.56. The number of anilines is 1. The second-order valence-corrected chi connectivity index (χ2v) is 5.57. The first-order valence-electron chi connectivity index (χ1n) is 5.36. The van der Waals surface area contributed by atoms with E-state index in [1.165, 1.54) is 0 Å². The van der Waals surface area contributed by atoms with Crippen molar-refractivity contribution in [1.82, 2.24) is 4.98 Å². The Morgan fingerprint density at radius 3 is 2.44 bits per heavy atom. The quantitative estimate of drug-likeness (QED) is 0.853. The molecule has 1 aromatic heterocycles. The largest absolute Gasteiger partial charge is 0.362 e. The lowest BCUT2D eigenvalue weighted by Crippen LogP contribution is -2.44. The van der Waals surface area contributed by atoms with Crippen LogP contribution in [0.1, 0.15) is 26.7 Å². The summed E-state index contributed by atoms with van der Waals surface area (Å²) >= 11 is 6.87. The maximum atomic E-state index is 5.84. The van der Waals surface area contributed by atoms with Gasteiger partial charge in [-0.3, -0.25) is 0 Å². The molecule has 0 aliphatic carbocycles. The summed E-state index contributed by atoms with van der Waals surface area (Å²) in [6.45, 7) is 4.87. The van der Waals surface area contributed by atoms with Crippen molar-refractivity contribution in [3.05, 3.63) is 21.2 Å². The lowest BCUT2D eigenvalue weighted by molar-refractivity contribution is 0.443. The number of nitrogens with zero attached hydrogens (tertiary/aromatic N) is 1. The van der Waals surface area contributed by atoms with Crippen LogP contribution in [0.2, 0.25) is 0 Å². The molecular formula is C11H17Br2N3. The molecule has 3 nitrogen and oxygen atoms in total. The van der Waals surface area contributed by atoms with E-state index in [0.29, 0.717) is 6.54 Å². The molecule has 0 saturated heterocycles. The molecule has 90 valence electrons. The van der Waals surface area contributed by atoms with Crippen molar-refractivity contribution in [2.24, 2.45) is 5.73 Å². The molecule has 1 heterocycles. The van der Waals surface area contributed by atoms with Gasteiger partial charge in [0.2, 0.25) is 0 Å². The first kappa shape index (κ1) is 13.9. The number of hydrogen-bond acceptors (Lipinski definition) is 3. The first-order valence-corrected chi connectivity index (χ1v) is 6.94. The molecule has 16 heavy (non-hydrogen) atoms. The van der Waals surface area contributed by atoms with Gasteiger partial charge in [-0.2, -0.15) is 0 Å². The summed E-state index contributed by atoms with van der Waals surface area (Å²) in [6, 6.07) is 1.97. The average molecular weight is 351 g/mol. The maximum absolute atomic E-state index is 5.84. The van der Waals surface area contributed by atoms with E-state index in [2.05, 4.69) is 56.0 Å². The highest BCUT2D eigenvalue weighted by molar-refractivity contribution is 9.11. The van der Waals surface area contributed by atoms with Crippen molar-refractivity contribution in [2.45, 2.75) is 32.2 Å². The van der Waals surface area contributed by atoms with Gasteiger partial charge < -0.3 is 11.1 Å². The second-order valence-electron chi connectivity index (χ2n) is 3.80. The van der Waals surface area contributed by atoms with E-state index in [-0.39, 0.29) is 5.54 Å². The Morgan fingerprint density at radius 2 is 2.00 bits per heavy atom. The molecule has 1 aromatic rings. The van der Waals surface area contributed by atoms with Gasteiger partial charge in [0.05, 0.1) is 10.0 Å². The number of pyridine rings is 1. The summed E-state index contributed by atoms with van der Waals surface area (Å²) in [5.41, 5.74) is 5.78. The minimum Gasteiger partial charge on any atom is -0.362 e. The van der Waals surface area contributed by atoms with Gasteiger partial charge in [-0.1, -0.05) is 13.8 Å². The van der Waals surface area contributed by atoms with Crippen molar-refractivity contribution in [3.8, 4) is 0 Å². The number of aromatic nitrogens is 1. The molecule has 1 rings (SSSR count). The van der Waals surface area contributed by atoms with E-state index >= 15 is 0 Å². The van der Waals surface area contributed by atoms with Crippen molar-refractivity contribution in [2.75, 3.05) is 11.9 Å². The van der Waals surface area contributed by atoms with Crippen molar-refractivity contribution in [1.29, 1.82) is 0 Å². The minimum atomic E-state index is -0.0661. The molecule has 0 amide bonds. The molecule has 0 spiro atoms. The van der Waals surface area contributed by atoms with Crippen LogP contribution in [0.4, 0.5) is 5.82 Å². The fourth-order valence-electron chi connectivity index (χ4n) is 1.52. The molecular weight excluding hydrogens is 334 g/mol. The van der Waals surface area contributed by atoms with E-state index in [1.807, 2.05) is 6.07 Å². The Hall–Kier alpha value is -0.130. The van der Waals surface area contributed by atoms with Crippen LogP contribution in [0, 0.1) is 0 Å². The lowest BCUT2D eigenvalue weighted by atomic mass is 9.93. The summed E-state index contributed by atoms with van der Waals surface area (Å²) in [6.07, 6.45) is 3.73. The molecule has 0 aliphatic heterocycles. The van der Waals surface area contributed by atoms with Gasteiger partial charge >= 0.3 is 0 Å². The summed E-state index contributed by atoms with van der Waals surface area (Å²) in [4.78, 5) is 4.35. The molecule has 0 radical (unpaired) electrons. The Morgan fingerprint density at radius 1 is 1.38 bits per heavy atom. The SMILES string of the molecule is CCC(CC)(CN)Nc1ncc(Br)cc1Br. The van der Waals surface area contributed by atoms with E-state index < -0.39 is 0 Å². The number of nitrogens with two attached hydrogens (primary N) is 1. The number of halogens is 2. The van der Waals surface area contributed by atoms with Crippen molar-refractivity contribution < 1.29 is 0 Å². The summed E-state index contributed by atoms with van der Waals surface area (Å²) < 4.78 is 1.90. The van der Waals surface area contributed by atoms with Gasteiger partial charge in [0.15, 0.2) is 0 Å². The summed E-state index contributed by atoms with van der Waals surface area (Å²) in [5.74, 6) is 0.845. The fourth-order valence-corrected chi connectivity index (χ4v) is 2.61. The van der Waals surface area contributed by atoms with Gasteiger partial charge in [0.25, 0.3) is 0 Å². The molecule has 0 atom stereocenters. The minimum absolute atomic E-state index is 0.0661. The highest BCUT2D eigenvalue weighted by Crippen LogP contribution is 2.28. The predicted molar refractivity (Wildman–Crippen MR) is 75.6 cm³/mol. The lowest BCUT2D eigenvalue weighted by Gasteiger charge is -2.32. The van der Waals surface area contributed by atoms with Crippen LogP contribution in [0.15, 0.2) is 21.2 Å². The Balaban J connectivity index is 2.93. The van der Waals surface area contributed by atoms with Crippen LogP contribution >= 0.6 is 31.9 Å². The molecule has 0 aliphatic rings. The van der Waals surface area contributed by atoms with Gasteiger partial charge in [0, 0.05) is 17.2 Å². The highest BCUT2D eigenvalue weighted by Gasteiger charge is 2.25. The van der Waals surface area contributed by atoms with Crippen LogP contribution < -0.4 is 11.1 Å². The topological polar surface area (TPSA) is 50.9 Å². The smallest absolute Gasteiger partial charge is 0.140 e. The third-order valence-electron chi connectivity index (χ3n) is 2.94. The van der Waals surface area contributed by atoms with Gasteiger partial charge in [0.1, 0.15) is 5.82 Å². The van der Waals surface area contributed by atoms with Crippen LogP contribution in [-0.2, 0) is 0 Å². The molecule has 0 aromatic carbocycles. The van der Waals surface area contributed by atoms with Crippen LogP contribution in [0.3, 0.4) is 0 Å². The molecule has 0 fully saturated rings. The van der Waals surface area contributed by atoms with Crippen LogP contribution in [-0.4, -0.2) is 17.1 Å². The number of nitrogens with one attached hydrogen (secondary N) is 1. The average Bonchev–Trinajstić information content (AvgIpc) is 2.29. The molecule has 0 bridgehead atoms. The monoisotopic (exact) mass is 349 g/mol. The summed E-state index contributed by atoms with van der Waals surface area (Å²) in [5, 5.41) is 3.43. The standard InChI is InChI=1S/C11H17Br2N3/c1-3-11(4-2,7-14)16-10-9(13)5-8(12)6-15-10/h5-6H,3-4,7,14H2,1-2H3,(H,15,16). The van der Waals surface area contributed by atoms with Gasteiger partial charge in [-0.25, -0.2) is 4.98 Å². The third-order valence-corrected chi connectivity index (χ3v) is 3.97. The maximum Gasteiger partial charge on any atom is 0.140 e. The van der Waals surface area contributed by atoms with Gasteiger partial charge in [-0.15, -0.1) is 0 Å². The number of hydrogen-bond donors (Lipinski definition) is 2. The third kappa shape index (κ3) is 3.18. The molecule has 5 heteroatoms. The van der Waals surface area contributed by atoms with E-state index in [0.717, 1.165) is 27.6 Å². The molecule has 3 N–H and O–H groups in total. The Kier molecular flexibility index (Phi) is 5.21. The highest BCUT2D eigenvalue weighted by atomic mass is 79.9. The Bertz CT molecular complexity index is 343. The normalized spacial score (nSPS) is 11.6. The van der Waals surface area contributed by atoms with Crippen LogP contribution in [0.25, 0.3) is 0 Å². The number of rotatable bonds is 5. The Labute approximate surface area is 113 Å². The van der Waals surface area contributed by atoms with E-state index in [9.17, 15) is 0 Å². The van der Waals surface area contributed by atoms with Crippen molar-refractivity contribution in [3.63, 3.8) is 0 Å². The predicted octanol–water partition coefficient (Wildman–Crippen LogP) is 3.54. The summed E-state index contributed by atoms with van der Waals surface area (Å²) in [7, 11) is 0. The van der Waals surface area contributed by atoms with E-state index in [1.54, 1.807) is 6.20 Å². The molecule has 0 unspecified atom stereocenters. The van der Waals surface area contributed by atoms with Crippen molar-refractivity contribution >= 4 is 37.7 Å². The second kappa shape index (κ2) is 5.98. The zero-order valence-electron chi connectivity index (χ0n) is 9.56. The zero-order valence-corrected chi connectivity index (χ0v) is 12.7. The van der Waals surface area contributed by atoms with Crippen LogP contribution in [0.5, 0.6) is 0 Å². The molecule has 0 saturated carbocycles. The van der Waals surface area contributed by atoms with E-state index in [4.69, 9.17) is 5.73 Å².